The van der Waals surface area contributed by atoms with Gasteiger partial charge in [-0.05, 0) is 38.7 Å². The van der Waals surface area contributed by atoms with Gasteiger partial charge in [-0.3, -0.25) is 9.78 Å². The molecular weight excluding hydrogens is 368 g/mol. The van der Waals surface area contributed by atoms with Crippen LogP contribution in [0.2, 0.25) is 0 Å². The van der Waals surface area contributed by atoms with Gasteiger partial charge in [0.05, 0.1) is 17.4 Å². The number of aryl methyl sites for hydroxylation is 1. The number of anilines is 2. The zero-order valence-electron chi connectivity index (χ0n) is 17.1. The number of H-pyrrole nitrogens is 1. The van der Waals surface area contributed by atoms with Crippen LogP contribution < -0.4 is 10.6 Å². The van der Waals surface area contributed by atoms with Crippen LogP contribution in [0.5, 0.6) is 0 Å². The van der Waals surface area contributed by atoms with E-state index in [0.717, 1.165) is 53.8 Å². The van der Waals surface area contributed by atoms with Crippen molar-refractivity contribution in [2.75, 3.05) is 5.32 Å². The molecule has 2 aromatic heterocycles. The maximum Gasteiger partial charge on any atom is 0.407 e. The number of benzene rings is 1. The summed E-state index contributed by atoms with van der Waals surface area (Å²) in [6, 6.07) is 8.24. The first-order valence-electron chi connectivity index (χ1n) is 10.2. The molecule has 4 rings (SSSR count). The third kappa shape index (κ3) is 4.21. The molecule has 3 unspecified atom stereocenters. The lowest BCUT2D eigenvalue weighted by molar-refractivity contribution is 0.0974. The van der Waals surface area contributed by atoms with Gasteiger partial charge < -0.3 is 15.4 Å². The maximum absolute atomic E-state index is 12.0. The topological polar surface area (TPSA) is 96.9 Å². The molecule has 8 nitrogen and oxygen atoms in total. The van der Waals surface area contributed by atoms with E-state index in [2.05, 4.69) is 25.9 Å². The summed E-state index contributed by atoms with van der Waals surface area (Å²) in [5.74, 6) is 1.08. The van der Waals surface area contributed by atoms with Crippen LogP contribution in [0, 0.1) is 0 Å². The number of aromatic nitrogens is 4. The van der Waals surface area contributed by atoms with Crippen LogP contribution in [0.3, 0.4) is 0 Å². The Morgan fingerprint density at radius 2 is 2.28 bits per heavy atom. The maximum atomic E-state index is 12.0. The molecule has 1 saturated carbocycles. The number of carbonyl (C=O) groups is 1. The number of fused-ring (bicyclic) bond motifs is 1. The number of para-hydroxylation sites is 1. The zero-order chi connectivity index (χ0) is 20.4. The Hall–Kier alpha value is -3.03. The molecule has 3 N–H and O–H groups in total. The van der Waals surface area contributed by atoms with Crippen LogP contribution >= 0.6 is 0 Å². The zero-order valence-corrected chi connectivity index (χ0v) is 17.1. The number of hydrogen-bond acceptors (Lipinski definition) is 5. The third-order valence-corrected chi connectivity index (χ3v) is 5.70. The second-order valence-corrected chi connectivity index (χ2v) is 7.84. The molecule has 1 amide bonds. The quantitative estimate of drug-likeness (QED) is 0.580. The minimum Gasteiger partial charge on any atom is -0.446 e. The second-order valence-electron chi connectivity index (χ2n) is 7.84. The molecule has 0 spiro atoms. The molecule has 0 aliphatic heterocycles. The summed E-state index contributed by atoms with van der Waals surface area (Å²) in [6.45, 7) is 4.01. The number of aromatic amines is 1. The van der Waals surface area contributed by atoms with E-state index >= 15 is 0 Å². The molecule has 1 fully saturated rings. The van der Waals surface area contributed by atoms with Crippen LogP contribution in [0.15, 0.2) is 30.5 Å². The fourth-order valence-corrected chi connectivity index (χ4v) is 3.90. The molecule has 1 aromatic carbocycles. The summed E-state index contributed by atoms with van der Waals surface area (Å²) in [4.78, 5) is 12.0. The second kappa shape index (κ2) is 8.14. The summed E-state index contributed by atoms with van der Waals surface area (Å²) in [5.41, 5.74) is 3.08. The predicted molar refractivity (Wildman–Crippen MR) is 112 cm³/mol. The molecule has 8 heteroatoms. The van der Waals surface area contributed by atoms with E-state index in [1.807, 2.05) is 56.0 Å². The van der Waals surface area contributed by atoms with E-state index in [9.17, 15) is 4.79 Å². The Morgan fingerprint density at radius 3 is 3.10 bits per heavy atom. The smallest absolute Gasteiger partial charge is 0.407 e. The fourth-order valence-electron chi connectivity index (χ4n) is 3.90. The molecule has 0 bridgehead atoms. The van der Waals surface area contributed by atoms with Gasteiger partial charge in [0.15, 0.2) is 5.82 Å². The van der Waals surface area contributed by atoms with Gasteiger partial charge in [-0.2, -0.15) is 10.2 Å². The highest BCUT2D eigenvalue weighted by Gasteiger charge is 2.30. The lowest BCUT2D eigenvalue weighted by Crippen LogP contribution is -2.34. The van der Waals surface area contributed by atoms with Crippen LogP contribution in [-0.2, 0) is 11.8 Å². The van der Waals surface area contributed by atoms with Gasteiger partial charge >= 0.3 is 6.09 Å². The van der Waals surface area contributed by atoms with Gasteiger partial charge in [0.1, 0.15) is 6.10 Å². The number of nitrogens with one attached hydrogen (secondary N) is 3. The van der Waals surface area contributed by atoms with Crippen molar-refractivity contribution in [2.24, 2.45) is 7.05 Å². The van der Waals surface area contributed by atoms with Gasteiger partial charge in [-0.15, -0.1) is 0 Å². The molecule has 1 aliphatic rings. The first-order valence-corrected chi connectivity index (χ1v) is 10.2. The molecule has 3 aromatic rings. The highest BCUT2D eigenvalue weighted by atomic mass is 16.6. The predicted octanol–water partition coefficient (Wildman–Crippen LogP) is 4.20. The van der Waals surface area contributed by atoms with E-state index in [1.165, 1.54) is 0 Å². The molecule has 2 heterocycles. The van der Waals surface area contributed by atoms with Gasteiger partial charge in [-0.25, -0.2) is 4.79 Å². The highest BCUT2D eigenvalue weighted by Crippen LogP contribution is 2.36. The average molecular weight is 396 g/mol. The van der Waals surface area contributed by atoms with Gasteiger partial charge in [0.2, 0.25) is 0 Å². The Labute approximate surface area is 170 Å². The summed E-state index contributed by atoms with van der Waals surface area (Å²) in [5, 5.41) is 19.2. The molecule has 0 saturated heterocycles. The lowest BCUT2D eigenvalue weighted by atomic mass is 10.0. The molecule has 0 radical (unpaired) electrons. The number of rotatable bonds is 6. The Bertz CT molecular complexity index is 994. The van der Waals surface area contributed by atoms with E-state index in [0.29, 0.717) is 5.92 Å². The summed E-state index contributed by atoms with van der Waals surface area (Å²) in [7, 11) is 1.93. The highest BCUT2D eigenvalue weighted by molar-refractivity contribution is 5.92. The first kappa shape index (κ1) is 19.3. The van der Waals surface area contributed by atoms with Crippen LogP contribution in [-0.4, -0.2) is 38.2 Å². The molecule has 154 valence electrons. The van der Waals surface area contributed by atoms with E-state index in [4.69, 9.17) is 4.74 Å². The van der Waals surface area contributed by atoms with Gasteiger partial charge in [0, 0.05) is 36.2 Å². The van der Waals surface area contributed by atoms with Gasteiger partial charge in [-0.1, -0.05) is 19.1 Å². The van der Waals surface area contributed by atoms with Crippen molar-refractivity contribution in [3.63, 3.8) is 0 Å². The van der Waals surface area contributed by atoms with E-state index in [-0.39, 0.29) is 18.2 Å². The Kier molecular flexibility index (Phi) is 5.42. The van der Waals surface area contributed by atoms with Crippen LogP contribution in [0.1, 0.15) is 51.1 Å². The van der Waals surface area contributed by atoms with E-state index in [1.54, 1.807) is 0 Å². The normalized spacial score (nSPS) is 20.0. The summed E-state index contributed by atoms with van der Waals surface area (Å²) in [6.07, 6.45) is 5.03. The third-order valence-electron chi connectivity index (χ3n) is 5.70. The number of nitrogens with zero attached hydrogens (tertiary/aromatic N) is 3. The van der Waals surface area contributed by atoms with Gasteiger partial charge in [0.25, 0.3) is 0 Å². The first-order chi connectivity index (χ1) is 14.0. The van der Waals surface area contributed by atoms with Crippen LogP contribution in [0.4, 0.5) is 16.3 Å². The Morgan fingerprint density at radius 1 is 1.41 bits per heavy atom. The molecule has 1 aliphatic carbocycles. The molecule has 29 heavy (non-hydrogen) atoms. The largest absolute Gasteiger partial charge is 0.446 e. The van der Waals surface area contributed by atoms with Crippen molar-refractivity contribution in [3.05, 3.63) is 36.2 Å². The number of hydrogen-bond donors (Lipinski definition) is 3. The number of ether oxygens (including phenoxy) is 1. The molecular formula is C21H28N6O2. The number of amides is 1. The van der Waals surface area contributed by atoms with Crippen molar-refractivity contribution < 1.29 is 9.53 Å². The average Bonchev–Trinajstić information content (AvgIpc) is 3.43. The fraction of sp³-hybridized carbons (Fsp3) is 0.476. The molecule has 3 atom stereocenters. The minimum absolute atomic E-state index is 0.0491. The number of carbonyl (C=O) groups excluding carboxylic acids is 1. The number of alkyl carbamates (subject to hydrolysis) is 1. The Balaban J connectivity index is 1.38. The lowest BCUT2D eigenvalue weighted by Gasteiger charge is -2.16. The van der Waals surface area contributed by atoms with Crippen molar-refractivity contribution in [1.82, 2.24) is 25.3 Å². The van der Waals surface area contributed by atoms with Crippen molar-refractivity contribution in [1.29, 1.82) is 0 Å². The van der Waals surface area contributed by atoms with Crippen molar-refractivity contribution in [3.8, 4) is 0 Å². The van der Waals surface area contributed by atoms with Crippen molar-refractivity contribution in [2.45, 2.75) is 57.6 Å². The SMILES string of the molecule is CCC(C)NC(=O)OC1CCC(c2cc(Nc3cccc4cnn(C)c34)n[nH]2)C1. The van der Waals surface area contributed by atoms with E-state index < -0.39 is 0 Å². The standard InChI is InChI=1S/C21H28N6O2/c1-4-13(2)23-21(28)29-16-9-8-14(10-16)18-11-19(26-25-18)24-17-7-5-6-15-12-22-27(3)20(15)17/h5-7,11-14,16H,4,8-10H2,1-3H3,(H,23,28)(H2,24,25,26). The summed E-state index contributed by atoms with van der Waals surface area (Å²) >= 11 is 0. The summed E-state index contributed by atoms with van der Waals surface area (Å²) < 4.78 is 7.44. The van der Waals surface area contributed by atoms with Crippen molar-refractivity contribution >= 4 is 28.5 Å². The monoisotopic (exact) mass is 396 g/mol. The minimum atomic E-state index is -0.318. The van der Waals surface area contributed by atoms with Crippen LogP contribution in [0.25, 0.3) is 10.9 Å².